The van der Waals surface area contributed by atoms with Crippen molar-refractivity contribution in [2.75, 3.05) is 13.2 Å². The summed E-state index contributed by atoms with van der Waals surface area (Å²) in [6.07, 6.45) is 7.08. The van der Waals surface area contributed by atoms with Crippen molar-refractivity contribution in [1.29, 1.82) is 0 Å². The van der Waals surface area contributed by atoms with Gasteiger partial charge in [-0.25, -0.2) is 4.79 Å². The monoisotopic (exact) mass is 351 g/mol. The van der Waals surface area contributed by atoms with E-state index in [1.165, 1.54) is 25.7 Å². The molecule has 1 amide bonds. The van der Waals surface area contributed by atoms with Crippen molar-refractivity contribution in [3.05, 3.63) is 48.0 Å². The third kappa shape index (κ3) is 3.33. The van der Waals surface area contributed by atoms with E-state index >= 15 is 0 Å². The molecule has 1 saturated heterocycles. The quantitative estimate of drug-likeness (QED) is 0.780. The summed E-state index contributed by atoms with van der Waals surface area (Å²) in [5, 5.41) is 1.85. The number of ether oxygens (including phenoxy) is 1. The first-order chi connectivity index (χ1) is 12.7. The van der Waals surface area contributed by atoms with E-state index in [1.54, 1.807) is 6.07 Å². The predicted octanol–water partition coefficient (Wildman–Crippen LogP) is 4.18. The maximum absolute atomic E-state index is 12.7. The molecule has 0 N–H and O–H groups in total. The van der Waals surface area contributed by atoms with E-state index in [4.69, 9.17) is 4.74 Å². The Morgan fingerprint density at radius 3 is 2.65 bits per heavy atom. The lowest BCUT2D eigenvalue weighted by atomic mass is 9.78. The zero-order valence-electron chi connectivity index (χ0n) is 15.0. The highest BCUT2D eigenvalue weighted by Gasteiger charge is 2.35. The lowest BCUT2D eigenvalue weighted by Gasteiger charge is -2.44. The second-order valence-corrected chi connectivity index (χ2v) is 7.44. The van der Waals surface area contributed by atoms with Crippen LogP contribution >= 0.6 is 0 Å². The molecule has 4 heteroatoms. The van der Waals surface area contributed by atoms with Crippen LogP contribution in [0, 0.1) is 5.92 Å². The molecule has 2 aromatic carbocycles. The van der Waals surface area contributed by atoms with Gasteiger partial charge in [0.2, 0.25) is 0 Å². The van der Waals surface area contributed by atoms with Gasteiger partial charge in [-0.1, -0.05) is 49.2 Å². The largest absolute Gasteiger partial charge is 0.452 e. The number of amides is 1. The summed E-state index contributed by atoms with van der Waals surface area (Å²) in [5.41, 5.74) is 0.519. The van der Waals surface area contributed by atoms with Crippen LogP contribution in [0.25, 0.3) is 10.8 Å². The van der Waals surface area contributed by atoms with Crippen LogP contribution in [0.2, 0.25) is 0 Å². The molecule has 4 rings (SSSR count). The number of fused-ring (bicyclic) bond motifs is 2. The van der Waals surface area contributed by atoms with Gasteiger partial charge in [-0.15, -0.1) is 0 Å². The van der Waals surface area contributed by atoms with Gasteiger partial charge in [-0.05, 0) is 48.4 Å². The molecule has 0 aromatic heterocycles. The first-order valence-electron chi connectivity index (χ1n) is 9.68. The van der Waals surface area contributed by atoms with Crippen LogP contribution in [0.4, 0.5) is 0 Å². The molecular weight excluding hydrogens is 326 g/mol. The molecule has 1 saturated carbocycles. The Kier molecular flexibility index (Phi) is 4.91. The fraction of sp³-hybridized carbons (Fsp3) is 0.455. The summed E-state index contributed by atoms with van der Waals surface area (Å²) in [5.74, 6) is 0.165. The van der Waals surface area contributed by atoms with Gasteiger partial charge in [-0.2, -0.15) is 0 Å². The van der Waals surface area contributed by atoms with Gasteiger partial charge in [0.05, 0.1) is 5.56 Å². The first-order valence-corrected chi connectivity index (χ1v) is 9.68. The van der Waals surface area contributed by atoms with Crippen LogP contribution in [0.5, 0.6) is 0 Å². The summed E-state index contributed by atoms with van der Waals surface area (Å²) in [4.78, 5) is 27.2. The van der Waals surface area contributed by atoms with Gasteiger partial charge in [0.1, 0.15) is 0 Å². The lowest BCUT2D eigenvalue weighted by Crippen LogP contribution is -2.50. The van der Waals surface area contributed by atoms with Gasteiger partial charge >= 0.3 is 5.97 Å². The number of piperidine rings is 1. The van der Waals surface area contributed by atoms with Crippen molar-refractivity contribution in [1.82, 2.24) is 4.90 Å². The van der Waals surface area contributed by atoms with Crippen LogP contribution in [0.3, 0.4) is 0 Å². The molecule has 136 valence electrons. The molecule has 0 spiro atoms. The topological polar surface area (TPSA) is 46.6 Å². The number of carbonyl (C=O) groups is 2. The summed E-state index contributed by atoms with van der Waals surface area (Å²) in [6, 6.07) is 13.6. The lowest BCUT2D eigenvalue weighted by molar-refractivity contribution is -0.140. The minimum Gasteiger partial charge on any atom is -0.452 e. The number of benzene rings is 2. The Hall–Kier alpha value is -2.36. The maximum Gasteiger partial charge on any atom is 0.339 e. The van der Waals surface area contributed by atoms with Crippen molar-refractivity contribution in [3.63, 3.8) is 0 Å². The first kappa shape index (κ1) is 17.1. The van der Waals surface area contributed by atoms with Gasteiger partial charge in [0.15, 0.2) is 6.61 Å². The molecule has 26 heavy (non-hydrogen) atoms. The second kappa shape index (κ2) is 7.48. The molecule has 0 radical (unpaired) electrons. The van der Waals surface area contributed by atoms with Gasteiger partial charge in [0, 0.05) is 12.6 Å². The highest BCUT2D eigenvalue weighted by molar-refractivity contribution is 6.04. The van der Waals surface area contributed by atoms with Gasteiger partial charge < -0.3 is 9.64 Å². The molecule has 2 aliphatic rings. The SMILES string of the molecule is O=C(OCC(=O)N1CCC[C@H]2CCCC[C@@H]21)c1cccc2ccccc12. The molecule has 1 heterocycles. The molecule has 4 nitrogen and oxygen atoms in total. The molecule has 2 fully saturated rings. The Labute approximate surface area is 154 Å². The number of likely N-dealkylation sites (tertiary alicyclic amines) is 1. The van der Waals surface area contributed by atoms with Crippen LogP contribution in [-0.2, 0) is 9.53 Å². The number of hydrogen-bond acceptors (Lipinski definition) is 3. The molecule has 2 atom stereocenters. The predicted molar refractivity (Wildman–Crippen MR) is 101 cm³/mol. The van der Waals surface area contributed by atoms with E-state index in [2.05, 4.69) is 0 Å². The van der Waals surface area contributed by atoms with Crippen molar-refractivity contribution < 1.29 is 14.3 Å². The normalized spacial score (nSPS) is 22.7. The minimum absolute atomic E-state index is 0.0461. The second-order valence-electron chi connectivity index (χ2n) is 7.44. The molecule has 0 bridgehead atoms. The highest BCUT2D eigenvalue weighted by Crippen LogP contribution is 2.35. The Morgan fingerprint density at radius 1 is 0.962 bits per heavy atom. The third-order valence-electron chi connectivity index (χ3n) is 5.90. The van der Waals surface area contributed by atoms with Crippen molar-refractivity contribution in [3.8, 4) is 0 Å². The van der Waals surface area contributed by atoms with E-state index in [0.29, 0.717) is 17.5 Å². The zero-order valence-corrected chi connectivity index (χ0v) is 15.0. The van der Waals surface area contributed by atoms with Crippen LogP contribution in [0.1, 0.15) is 48.9 Å². The van der Waals surface area contributed by atoms with Crippen molar-refractivity contribution in [2.24, 2.45) is 5.92 Å². The molecule has 0 unspecified atom stereocenters. The third-order valence-corrected chi connectivity index (χ3v) is 5.90. The average molecular weight is 351 g/mol. The zero-order chi connectivity index (χ0) is 17.9. The van der Waals surface area contributed by atoms with Crippen LogP contribution < -0.4 is 0 Å². The fourth-order valence-corrected chi connectivity index (χ4v) is 4.63. The van der Waals surface area contributed by atoms with Crippen LogP contribution in [0.15, 0.2) is 42.5 Å². The van der Waals surface area contributed by atoms with E-state index in [-0.39, 0.29) is 12.5 Å². The Bertz CT molecular complexity index is 809. The molecular formula is C22H25NO3. The van der Waals surface area contributed by atoms with E-state index in [1.807, 2.05) is 41.3 Å². The summed E-state index contributed by atoms with van der Waals surface area (Å²) in [7, 11) is 0. The van der Waals surface area contributed by atoms with E-state index in [9.17, 15) is 9.59 Å². The number of carbonyl (C=O) groups excluding carboxylic acids is 2. The summed E-state index contributed by atoms with van der Waals surface area (Å²) >= 11 is 0. The van der Waals surface area contributed by atoms with Crippen molar-refractivity contribution in [2.45, 2.75) is 44.6 Å². The molecule has 1 aliphatic carbocycles. The smallest absolute Gasteiger partial charge is 0.339 e. The summed E-state index contributed by atoms with van der Waals surface area (Å²) < 4.78 is 5.40. The summed E-state index contributed by atoms with van der Waals surface area (Å²) in [6.45, 7) is 0.636. The standard InChI is InChI=1S/C22H25NO3/c24-21(23-14-6-10-17-8-2-4-13-20(17)23)15-26-22(25)19-12-5-9-16-7-1-3-11-18(16)19/h1,3,5,7,9,11-12,17,20H,2,4,6,8,10,13-15H2/t17-,20+/m1/s1. The molecule has 1 aliphatic heterocycles. The van der Waals surface area contributed by atoms with Crippen LogP contribution in [-0.4, -0.2) is 36.0 Å². The molecule has 2 aromatic rings. The van der Waals surface area contributed by atoms with Gasteiger partial charge in [-0.3, -0.25) is 4.79 Å². The highest BCUT2D eigenvalue weighted by atomic mass is 16.5. The van der Waals surface area contributed by atoms with Crippen molar-refractivity contribution >= 4 is 22.6 Å². The number of nitrogens with zero attached hydrogens (tertiary/aromatic N) is 1. The van der Waals surface area contributed by atoms with E-state index in [0.717, 1.165) is 30.2 Å². The minimum atomic E-state index is -0.424. The Balaban J connectivity index is 1.43. The fourth-order valence-electron chi connectivity index (χ4n) is 4.63. The number of esters is 1. The Morgan fingerprint density at radius 2 is 1.73 bits per heavy atom. The van der Waals surface area contributed by atoms with E-state index < -0.39 is 5.97 Å². The number of rotatable bonds is 3. The number of hydrogen-bond donors (Lipinski definition) is 0. The average Bonchev–Trinajstić information content (AvgIpc) is 2.71. The van der Waals surface area contributed by atoms with Gasteiger partial charge in [0.25, 0.3) is 5.91 Å². The maximum atomic E-state index is 12.7.